The van der Waals surface area contributed by atoms with Gasteiger partial charge in [-0.2, -0.15) is 18.3 Å². The van der Waals surface area contributed by atoms with Crippen molar-refractivity contribution in [1.29, 1.82) is 0 Å². The molecule has 3 rings (SSSR count). The van der Waals surface area contributed by atoms with Crippen molar-refractivity contribution < 1.29 is 31.9 Å². The molecule has 0 aliphatic rings. The monoisotopic (exact) mass is 387 g/mol. The Kier molecular flexibility index (Phi) is 5.79. The third-order valence-corrected chi connectivity index (χ3v) is 3.39. The lowest BCUT2D eigenvalue weighted by atomic mass is 10.0. The highest BCUT2D eigenvalue weighted by Crippen LogP contribution is 2.32. The summed E-state index contributed by atoms with van der Waals surface area (Å²) in [5.41, 5.74) is 8.42. The Hall–Kier alpha value is -3.01. The van der Waals surface area contributed by atoms with Crippen molar-refractivity contribution in [3.63, 3.8) is 0 Å². The molecule has 0 aliphatic heterocycles. The van der Waals surface area contributed by atoms with Crippen molar-refractivity contribution >= 4 is 11.5 Å². The molecule has 0 amide bonds. The molecule has 5 nitrogen and oxygen atoms in total. The van der Waals surface area contributed by atoms with E-state index >= 15 is 0 Å². The third-order valence-electron chi connectivity index (χ3n) is 3.39. The maximum absolute atomic E-state index is 13.5. The molecule has 2 heterocycles. The van der Waals surface area contributed by atoms with Gasteiger partial charge in [-0.25, -0.2) is 18.1 Å². The first kappa shape index (κ1) is 20.3. The van der Waals surface area contributed by atoms with Gasteiger partial charge in [0.1, 0.15) is 11.6 Å². The molecule has 0 aliphatic carbocycles. The topological polar surface area (TPSA) is 80.6 Å². The van der Waals surface area contributed by atoms with Crippen LogP contribution in [0.2, 0.25) is 0 Å². The van der Waals surface area contributed by atoms with Crippen LogP contribution in [0.3, 0.4) is 0 Å². The summed E-state index contributed by atoms with van der Waals surface area (Å²) in [4.78, 5) is 8.90. The average molecular weight is 387 g/mol. The molecule has 144 valence electrons. The number of nitrogens with zero attached hydrogens (tertiary/aromatic N) is 2. The van der Waals surface area contributed by atoms with Crippen molar-refractivity contribution in [2.45, 2.75) is 19.1 Å². The van der Waals surface area contributed by atoms with Gasteiger partial charge in [0.2, 0.25) is 0 Å². The van der Waals surface area contributed by atoms with E-state index in [4.69, 9.17) is 15.6 Å². The highest BCUT2D eigenvalue weighted by molar-refractivity contribution is 5.83. The lowest BCUT2D eigenvalue weighted by molar-refractivity contribution is -0.192. The number of pyridine rings is 1. The first-order valence-electron chi connectivity index (χ1n) is 7.50. The molecular formula is C17H14F5N3O2. The van der Waals surface area contributed by atoms with E-state index in [0.717, 1.165) is 11.6 Å². The van der Waals surface area contributed by atoms with Crippen molar-refractivity contribution in [2.75, 3.05) is 0 Å². The molecule has 3 aromatic rings. The molecule has 1 unspecified atom stereocenters. The quantitative estimate of drug-likeness (QED) is 0.653. The van der Waals surface area contributed by atoms with E-state index in [-0.39, 0.29) is 6.04 Å². The zero-order valence-corrected chi connectivity index (χ0v) is 13.8. The maximum Gasteiger partial charge on any atom is 0.490 e. The van der Waals surface area contributed by atoms with Gasteiger partial charge in [-0.05, 0) is 36.8 Å². The van der Waals surface area contributed by atoms with Gasteiger partial charge in [0.25, 0.3) is 0 Å². The maximum atomic E-state index is 13.5. The Morgan fingerprint density at radius 2 is 1.74 bits per heavy atom. The Morgan fingerprint density at radius 1 is 1.19 bits per heavy atom. The number of nitrogens with two attached hydrogens (primary N) is 1. The van der Waals surface area contributed by atoms with Crippen LogP contribution >= 0.6 is 0 Å². The SMILES string of the molecule is CC(N)c1nn2ccccc2c1-c1cc(F)cc(F)c1.O=C(O)C(F)(F)F. The largest absolute Gasteiger partial charge is 0.490 e. The third kappa shape index (κ3) is 4.79. The van der Waals surface area contributed by atoms with Gasteiger partial charge in [-0.15, -0.1) is 0 Å². The van der Waals surface area contributed by atoms with Gasteiger partial charge in [0.15, 0.2) is 0 Å². The fourth-order valence-corrected chi connectivity index (χ4v) is 2.33. The van der Waals surface area contributed by atoms with E-state index in [9.17, 15) is 22.0 Å². The minimum absolute atomic E-state index is 0.337. The molecule has 0 saturated heterocycles. The van der Waals surface area contributed by atoms with Crippen LogP contribution in [0.25, 0.3) is 16.6 Å². The molecule has 0 bridgehead atoms. The first-order valence-corrected chi connectivity index (χ1v) is 7.50. The molecule has 1 atom stereocenters. The summed E-state index contributed by atoms with van der Waals surface area (Å²) in [5.74, 6) is -4.00. The molecule has 3 N–H and O–H groups in total. The van der Waals surface area contributed by atoms with E-state index in [1.54, 1.807) is 17.6 Å². The number of carboxylic acids is 1. The minimum atomic E-state index is -5.08. The van der Waals surface area contributed by atoms with Crippen LogP contribution in [0.5, 0.6) is 0 Å². The van der Waals surface area contributed by atoms with E-state index in [2.05, 4.69) is 5.10 Å². The predicted octanol–water partition coefficient (Wildman–Crippen LogP) is 3.93. The summed E-state index contributed by atoms with van der Waals surface area (Å²) in [5, 5.41) is 11.5. The normalized spacial score (nSPS) is 12.4. The number of hydrogen-bond donors (Lipinski definition) is 2. The molecule has 0 fully saturated rings. The fraction of sp³-hybridized carbons (Fsp3) is 0.176. The number of benzene rings is 1. The Balaban J connectivity index is 0.000000321. The second-order valence-electron chi connectivity index (χ2n) is 5.54. The number of fused-ring (bicyclic) bond motifs is 1. The van der Waals surface area contributed by atoms with Gasteiger partial charge < -0.3 is 10.8 Å². The number of alkyl halides is 3. The second kappa shape index (κ2) is 7.70. The number of rotatable bonds is 2. The zero-order chi connectivity index (χ0) is 20.4. The van der Waals surface area contributed by atoms with Crippen LogP contribution in [0, 0.1) is 11.6 Å². The highest BCUT2D eigenvalue weighted by Gasteiger charge is 2.38. The lowest BCUT2D eigenvalue weighted by Crippen LogP contribution is -2.21. The van der Waals surface area contributed by atoms with Gasteiger partial charge in [-0.3, -0.25) is 0 Å². The van der Waals surface area contributed by atoms with E-state index in [0.29, 0.717) is 16.8 Å². The molecule has 0 spiro atoms. The van der Waals surface area contributed by atoms with Crippen molar-refractivity contribution in [3.05, 3.63) is 59.9 Å². The highest BCUT2D eigenvalue weighted by atomic mass is 19.4. The number of hydrogen-bond acceptors (Lipinski definition) is 3. The molecule has 1 aromatic carbocycles. The van der Waals surface area contributed by atoms with E-state index in [1.807, 2.05) is 18.2 Å². The summed E-state index contributed by atoms with van der Waals surface area (Å²) < 4.78 is 60.3. The van der Waals surface area contributed by atoms with Crippen LogP contribution in [0.1, 0.15) is 18.7 Å². The van der Waals surface area contributed by atoms with Crippen molar-refractivity contribution in [2.24, 2.45) is 5.73 Å². The second-order valence-corrected chi connectivity index (χ2v) is 5.54. The van der Waals surface area contributed by atoms with Gasteiger partial charge in [-0.1, -0.05) is 6.07 Å². The summed E-state index contributed by atoms with van der Waals surface area (Å²) in [7, 11) is 0. The molecule has 10 heteroatoms. The zero-order valence-electron chi connectivity index (χ0n) is 13.8. The summed E-state index contributed by atoms with van der Waals surface area (Å²) >= 11 is 0. The Labute approximate surface area is 149 Å². The molecule has 0 saturated carbocycles. The summed E-state index contributed by atoms with van der Waals surface area (Å²) in [6.07, 6.45) is -3.31. The van der Waals surface area contributed by atoms with E-state index in [1.165, 1.54) is 12.1 Å². The Bertz CT molecular complexity index is 947. The number of carboxylic acid groups (broad SMARTS) is 1. The van der Waals surface area contributed by atoms with Crippen LogP contribution in [-0.2, 0) is 4.79 Å². The number of aromatic nitrogens is 2. The first-order chi connectivity index (χ1) is 12.5. The van der Waals surface area contributed by atoms with E-state index < -0.39 is 23.8 Å². The van der Waals surface area contributed by atoms with Crippen LogP contribution in [0.4, 0.5) is 22.0 Å². The van der Waals surface area contributed by atoms with Crippen molar-refractivity contribution in [1.82, 2.24) is 9.61 Å². The predicted molar refractivity (Wildman–Crippen MR) is 86.8 cm³/mol. The van der Waals surface area contributed by atoms with Crippen LogP contribution in [0.15, 0.2) is 42.6 Å². The number of carbonyl (C=O) groups is 1. The Morgan fingerprint density at radius 3 is 2.22 bits per heavy atom. The van der Waals surface area contributed by atoms with Crippen LogP contribution < -0.4 is 5.73 Å². The molecule has 27 heavy (non-hydrogen) atoms. The van der Waals surface area contributed by atoms with Gasteiger partial charge in [0.05, 0.1) is 11.2 Å². The average Bonchev–Trinajstić information content (AvgIpc) is 2.93. The minimum Gasteiger partial charge on any atom is -0.475 e. The standard InChI is InChI=1S/C15H13F2N3.C2HF3O2/c1-9(18)15-14(10-6-11(16)8-12(17)7-10)13-4-2-3-5-20(13)19-15;3-2(4,5)1(6)7/h2-9H,18H2,1H3;(H,6,7). The van der Waals surface area contributed by atoms with Crippen molar-refractivity contribution in [3.8, 4) is 11.1 Å². The molecular weight excluding hydrogens is 373 g/mol. The smallest absolute Gasteiger partial charge is 0.475 e. The number of aliphatic carboxylic acids is 1. The summed E-state index contributed by atoms with van der Waals surface area (Å²) in [6.45, 7) is 1.79. The molecule has 2 aromatic heterocycles. The lowest BCUT2D eigenvalue weighted by Gasteiger charge is -2.06. The van der Waals surface area contributed by atoms with Gasteiger partial charge >= 0.3 is 12.1 Å². The fourth-order valence-electron chi connectivity index (χ4n) is 2.33. The number of halogens is 5. The molecule has 0 radical (unpaired) electrons. The summed E-state index contributed by atoms with van der Waals surface area (Å²) in [6, 6.07) is 8.62. The van der Waals surface area contributed by atoms with Gasteiger partial charge in [0, 0.05) is 23.9 Å². The van der Waals surface area contributed by atoms with Crippen LogP contribution in [-0.4, -0.2) is 26.9 Å².